The number of esters is 1. The van der Waals surface area contributed by atoms with Crippen molar-refractivity contribution >= 4 is 23.3 Å². The number of pyridine rings is 1. The summed E-state index contributed by atoms with van der Waals surface area (Å²) in [5.74, 6) is -4.16. The molecule has 0 spiro atoms. The third-order valence-corrected chi connectivity index (χ3v) is 5.38. The number of hydrogen-bond donors (Lipinski definition) is 1. The highest BCUT2D eigenvalue weighted by atomic mass is 19.4. The number of alkyl halides is 3. The number of ether oxygens (including phenoxy) is 1. The van der Waals surface area contributed by atoms with Gasteiger partial charge in [0.05, 0.1) is 6.61 Å². The van der Waals surface area contributed by atoms with Crippen LogP contribution in [0, 0.1) is 24.2 Å². The monoisotopic (exact) mass is 397 g/mol. The van der Waals surface area contributed by atoms with Crippen LogP contribution >= 0.6 is 0 Å². The summed E-state index contributed by atoms with van der Waals surface area (Å²) in [6, 6.07) is 1.61. The third-order valence-electron chi connectivity index (χ3n) is 5.38. The van der Waals surface area contributed by atoms with Crippen molar-refractivity contribution in [3.8, 4) is 0 Å². The van der Waals surface area contributed by atoms with Crippen molar-refractivity contribution in [3.63, 3.8) is 0 Å². The van der Waals surface area contributed by atoms with Crippen LogP contribution < -0.4 is 0 Å². The van der Waals surface area contributed by atoms with Gasteiger partial charge in [-0.2, -0.15) is 13.2 Å². The topological polar surface area (TPSA) is 93.6 Å². The van der Waals surface area contributed by atoms with Crippen LogP contribution in [0.5, 0.6) is 0 Å². The predicted octanol–water partition coefficient (Wildman–Crippen LogP) is 3.04. The molecule has 0 aromatic carbocycles. The van der Waals surface area contributed by atoms with E-state index in [-0.39, 0.29) is 17.9 Å². The number of hydrogen-bond acceptors (Lipinski definition) is 6. The average molecular weight is 397 g/mol. The fourth-order valence-electron chi connectivity index (χ4n) is 3.70. The fraction of sp³-hybridized carbons (Fsp3) is 0.474. The van der Waals surface area contributed by atoms with Gasteiger partial charge in [-0.05, 0) is 45.2 Å². The number of carbonyl (C=O) groups is 3. The quantitative estimate of drug-likeness (QED) is 0.277. The van der Waals surface area contributed by atoms with Gasteiger partial charge in [0, 0.05) is 17.2 Å². The lowest BCUT2D eigenvalue weighted by Gasteiger charge is -2.30. The first-order valence-electron chi connectivity index (χ1n) is 8.69. The van der Waals surface area contributed by atoms with Crippen LogP contribution in [0.25, 0.3) is 5.76 Å². The summed E-state index contributed by atoms with van der Waals surface area (Å²) in [6.07, 6.45) is -4.37. The average Bonchev–Trinajstić information content (AvgIpc) is 3.40. The van der Waals surface area contributed by atoms with Crippen LogP contribution in [0.4, 0.5) is 13.2 Å². The molecule has 150 valence electrons. The zero-order chi connectivity index (χ0) is 21.0. The molecule has 2 fully saturated rings. The van der Waals surface area contributed by atoms with Crippen molar-refractivity contribution in [2.45, 2.75) is 33.4 Å². The van der Waals surface area contributed by atoms with Gasteiger partial charge in [0.2, 0.25) is 0 Å². The summed E-state index contributed by atoms with van der Waals surface area (Å²) in [5, 5.41) is 10.6. The van der Waals surface area contributed by atoms with E-state index in [1.54, 1.807) is 6.92 Å². The Morgan fingerprint density at radius 3 is 2.54 bits per heavy atom. The molecule has 2 aliphatic rings. The Balaban J connectivity index is 2.10. The van der Waals surface area contributed by atoms with Crippen LogP contribution in [0.1, 0.15) is 37.2 Å². The lowest BCUT2D eigenvalue weighted by molar-refractivity contribution is -0.160. The Labute approximate surface area is 158 Å². The number of aromatic nitrogens is 1. The smallest absolute Gasteiger partial charge is 0.433 e. The second kappa shape index (κ2) is 6.42. The van der Waals surface area contributed by atoms with Gasteiger partial charge in [-0.1, -0.05) is 0 Å². The summed E-state index contributed by atoms with van der Waals surface area (Å²) >= 11 is 0. The minimum absolute atomic E-state index is 0.0417. The number of Topliss-reactive ketones (excluding diaryl/α,β-unsaturated/α-hetero) is 2. The minimum Gasteiger partial charge on any atom is -0.506 e. The number of aliphatic hydroxyl groups excluding tert-OH is 1. The van der Waals surface area contributed by atoms with Crippen LogP contribution in [0.2, 0.25) is 0 Å². The Hall–Kier alpha value is -2.71. The van der Waals surface area contributed by atoms with Crippen LogP contribution in [0.15, 0.2) is 17.7 Å². The highest BCUT2D eigenvalue weighted by molar-refractivity contribution is 6.33. The highest BCUT2D eigenvalue weighted by Gasteiger charge is 2.67. The van der Waals surface area contributed by atoms with Crippen molar-refractivity contribution in [1.29, 1.82) is 0 Å². The van der Waals surface area contributed by atoms with E-state index < -0.39 is 58.0 Å². The molecule has 0 amide bonds. The summed E-state index contributed by atoms with van der Waals surface area (Å²) < 4.78 is 43.4. The number of ketones is 2. The number of allylic oxidation sites excluding steroid dienone is 1. The minimum atomic E-state index is -4.67. The largest absolute Gasteiger partial charge is 0.506 e. The van der Waals surface area contributed by atoms with Crippen LogP contribution in [0.3, 0.4) is 0 Å². The van der Waals surface area contributed by atoms with Gasteiger partial charge in [-0.3, -0.25) is 14.4 Å². The Morgan fingerprint density at radius 2 is 2.00 bits per heavy atom. The lowest BCUT2D eigenvalue weighted by atomic mass is 9.70. The molecule has 3 atom stereocenters. The van der Waals surface area contributed by atoms with Crippen molar-refractivity contribution in [2.24, 2.45) is 17.3 Å². The van der Waals surface area contributed by atoms with E-state index >= 15 is 0 Å². The van der Waals surface area contributed by atoms with Crippen molar-refractivity contribution in [2.75, 3.05) is 6.61 Å². The van der Waals surface area contributed by atoms with Crippen LogP contribution in [-0.2, 0) is 25.3 Å². The molecule has 28 heavy (non-hydrogen) atoms. The molecule has 0 saturated heterocycles. The van der Waals surface area contributed by atoms with E-state index in [9.17, 15) is 32.7 Å². The summed E-state index contributed by atoms with van der Waals surface area (Å²) in [5.41, 5.74) is -3.73. The molecular weight excluding hydrogens is 379 g/mol. The molecule has 1 aromatic heterocycles. The fourth-order valence-corrected chi connectivity index (χ4v) is 3.70. The number of fused-ring (bicyclic) bond motifs is 1. The molecule has 1 N–H and O–H groups in total. The molecule has 3 rings (SSSR count). The molecule has 1 unspecified atom stereocenters. The van der Waals surface area contributed by atoms with Gasteiger partial charge in [0.15, 0.2) is 11.6 Å². The van der Waals surface area contributed by atoms with E-state index in [0.717, 1.165) is 6.07 Å². The molecule has 1 heterocycles. The third kappa shape index (κ3) is 2.89. The van der Waals surface area contributed by atoms with E-state index in [2.05, 4.69) is 4.98 Å². The number of aryl methyl sites for hydroxylation is 1. The molecular formula is C19H18F3NO5. The van der Waals surface area contributed by atoms with Gasteiger partial charge in [-0.15, -0.1) is 0 Å². The van der Waals surface area contributed by atoms with E-state index in [0.29, 0.717) is 12.5 Å². The highest BCUT2D eigenvalue weighted by Crippen LogP contribution is 2.58. The van der Waals surface area contributed by atoms with Crippen molar-refractivity contribution in [1.82, 2.24) is 4.98 Å². The van der Waals surface area contributed by atoms with Gasteiger partial charge >= 0.3 is 12.1 Å². The molecule has 9 heteroatoms. The van der Waals surface area contributed by atoms with E-state index in [4.69, 9.17) is 4.74 Å². The molecule has 0 radical (unpaired) electrons. The van der Waals surface area contributed by atoms with Gasteiger partial charge in [-0.25, -0.2) is 4.98 Å². The summed E-state index contributed by atoms with van der Waals surface area (Å²) in [6.45, 7) is 4.22. The molecule has 0 bridgehead atoms. The predicted molar refractivity (Wildman–Crippen MR) is 89.9 cm³/mol. The first-order chi connectivity index (χ1) is 12.9. The standard InChI is InChI=1S/C19H18F3NO5/c1-4-28-17(27)18(3)11-7-10(11)15(25)13(16(18)26)14(24)9-5-6-12(19(20,21)22)23-8(9)2/h5-6,10-11,24H,4,7H2,1-3H3/t10-,11-,18?/m1/s1. The molecule has 2 aliphatic carbocycles. The zero-order valence-electron chi connectivity index (χ0n) is 15.4. The molecule has 1 aromatic rings. The summed E-state index contributed by atoms with van der Waals surface area (Å²) in [7, 11) is 0. The van der Waals surface area contributed by atoms with Gasteiger partial charge in [0.25, 0.3) is 0 Å². The SMILES string of the molecule is CCOC(=O)C1(C)C(=O)C(=C(O)c2ccc(C(F)(F)F)nc2C)C(=O)[C@@H]2C[C@H]21. The lowest BCUT2D eigenvalue weighted by Crippen LogP contribution is -2.46. The Morgan fingerprint density at radius 1 is 1.36 bits per heavy atom. The van der Waals surface area contributed by atoms with Crippen molar-refractivity contribution < 1.29 is 37.4 Å². The van der Waals surface area contributed by atoms with Gasteiger partial charge in [0.1, 0.15) is 22.4 Å². The van der Waals surface area contributed by atoms with Gasteiger partial charge < -0.3 is 9.84 Å². The van der Waals surface area contributed by atoms with E-state index in [1.807, 2.05) is 0 Å². The Bertz CT molecular complexity index is 921. The number of aliphatic hydroxyl groups is 1. The Kier molecular flexibility index (Phi) is 4.60. The number of carbonyl (C=O) groups excluding carboxylic acids is 3. The molecule has 2 saturated carbocycles. The maximum Gasteiger partial charge on any atom is 0.433 e. The first kappa shape index (κ1) is 20.0. The maximum atomic E-state index is 13.0. The number of nitrogens with zero attached hydrogens (tertiary/aromatic N) is 1. The first-order valence-corrected chi connectivity index (χ1v) is 8.69. The van der Waals surface area contributed by atoms with E-state index in [1.165, 1.54) is 13.8 Å². The summed E-state index contributed by atoms with van der Waals surface area (Å²) in [4.78, 5) is 41.4. The molecule has 0 aliphatic heterocycles. The molecule has 6 nitrogen and oxygen atoms in total. The number of rotatable bonds is 3. The maximum absolute atomic E-state index is 13.0. The second-order valence-electron chi connectivity index (χ2n) is 7.12. The van der Waals surface area contributed by atoms with Crippen molar-refractivity contribution in [3.05, 3.63) is 34.7 Å². The second-order valence-corrected chi connectivity index (χ2v) is 7.12. The number of halogens is 3. The van der Waals surface area contributed by atoms with Crippen LogP contribution in [-0.4, -0.2) is 34.2 Å². The zero-order valence-corrected chi connectivity index (χ0v) is 15.4. The normalized spacial score (nSPS) is 28.6.